The van der Waals surface area contributed by atoms with E-state index in [2.05, 4.69) is 27.5 Å². The predicted molar refractivity (Wildman–Crippen MR) is 78.1 cm³/mol. The van der Waals surface area contributed by atoms with Gasteiger partial charge in [0.25, 0.3) is 5.91 Å². The molecule has 3 rings (SSSR count). The quantitative estimate of drug-likeness (QED) is 0.798. The van der Waals surface area contributed by atoms with Crippen LogP contribution in [0.2, 0.25) is 0 Å². The van der Waals surface area contributed by atoms with Gasteiger partial charge in [-0.2, -0.15) is 9.61 Å². The standard InChI is InChI=1S/C14H14N4OS/c1-10-12(18-14(17-10)20-9-16-18)13(19)15-8-7-11-5-3-2-4-6-11/h2-6,9H,7-8H2,1H3,(H,15,19). The van der Waals surface area contributed by atoms with E-state index >= 15 is 0 Å². The number of aromatic nitrogens is 3. The molecule has 1 N–H and O–H groups in total. The first-order valence-electron chi connectivity index (χ1n) is 6.36. The topological polar surface area (TPSA) is 59.3 Å². The molecule has 0 atom stereocenters. The third-order valence-corrected chi connectivity index (χ3v) is 3.75. The maximum Gasteiger partial charge on any atom is 0.271 e. The summed E-state index contributed by atoms with van der Waals surface area (Å²) in [5, 5.41) is 7.06. The molecule has 0 saturated heterocycles. The number of carbonyl (C=O) groups is 1. The molecule has 2 aromatic heterocycles. The van der Waals surface area contributed by atoms with Gasteiger partial charge >= 0.3 is 0 Å². The molecule has 3 aromatic rings. The van der Waals surface area contributed by atoms with Gasteiger partial charge < -0.3 is 5.32 Å². The molecule has 0 bridgehead atoms. The highest BCUT2D eigenvalue weighted by Crippen LogP contribution is 2.14. The van der Waals surface area contributed by atoms with Crippen LogP contribution in [0.4, 0.5) is 0 Å². The van der Waals surface area contributed by atoms with Crippen molar-refractivity contribution in [1.29, 1.82) is 0 Å². The van der Waals surface area contributed by atoms with E-state index in [4.69, 9.17) is 0 Å². The molecule has 1 amide bonds. The Bertz CT molecular complexity index is 732. The molecule has 0 aliphatic carbocycles. The van der Waals surface area contributed by atoms with Crippen molar-refractivity contribution in [3.05, 3.63) is 52.8 Å². The number of nitrogens with zero attached hydrogens (tertiary/aromatic N) is 3. The summed E-state index contributed by atoms with van der Waals surface area (Å²) in [5.74, 6) is -0.128. The molecule has 0 fully saturated rings. The summed E-state index contributed by atoms with van der Waals surface area (Å²) in [6.45, 7) is 2.42. The molecule has 2 heterocycles. The zero-order valence-corrected chi connectivity index (χ0v) is 11.9. The molecule has 0 aliphatic heterocycles. The number of imidazole rings is 1. The Morgan fingerprint density at radius 2 is 2.15 bits per heavy atom. The summed E-state index contributed by atoms with van der Waals surface area (Å²) in [7, 11) is 0. The van der Waals surface area contributed by atoms with Gasteiger partial charge in [0.05, 0.1) is 5.69 Å². The zero-order valence-electron chi connectivity index (χ0n) is 11.0. The number of benzene rings is 1. The molecule has 6 heteroatoms. The number of hydrogen-bond donors (Lipinski definition) is 1. The molecule has 5 nitrogen and oxygen atoms in total. The van der Waals surface area contributed by atoms with Crippen molar-refractivity contribution in [1.82, 2.24) is 19.9 Å². The molecule has 0 radical (unpaired) electrons. The summed E-state index contributed by atoms with van der Waals surface area (Å²) in [4.78, 5) is 17.3. The van der Waals surface area contributed by atoms with Gasteiger partial charge in [-0.05, 0) is 18.9 Å². The van der Waals surface area contributed by atoms with Gasteiger partial charge in [-0.1, -0.05) is 41.7 Å². The number of hydrogen-bond acceptors (Lipinski definition) is 4. The lowest BCUT2D eigenvalue weighted by Gasteiger charge is -2.05. The second-order valence-corrected chi connectivity index (χ2v) is 5.28. The van der Waals surface area contributed by atoms with E-state index in [1.807, 2.05) is 25.1 Å². The summed E-state index contributed by atoms with van der Waals surface area (Å²) in [5.41, 5.74) is 4.12. The highest BCUT2D eigenvalue weighted by atomic mass is 32.1. The molecular formula is C14H14N4OS. The van der Waals surface area contributed by atoms with Gasteiger partial charge in [-0.3, -0.25) is 4.79 Å². The fourth-order valence-corrected chi connectivity index (χ4v) is 2.77. The molecule has 0 unspecified atom stereocenters. The molecule has 102 valence electrons. The van der Waals surface area contributed by atoms with E-state index in [1.165, 1.54) is 16.9 Å². The average molecular weight is 286 g/mol. The third kappa shape index (κ3) is 2.42. The van der Waals surface area contributed by atoms with Crippen molar-refractivity contribution < 1.29 is 4.79 Å². The van der Waals surface area contributed by atoms with Crippen LogP contribution in [0.1, 0.15) is 21.7 Å². The van der Waals surface area contributed by atoms with Gasteiger partial charge in [0.15, 0.2) is 5.69 Å². The van der Waals surface area contributed by atoms with Crippen molar-refractivity contribution in [3.63, 3.8) is 0 Å². The van der Waals surface area contributed by atoms with Crippen molar-refractivity contribution in [3.8, 4) is 0 Å². The fraction of sp³-hybridized carbons (Fsp3) is 0.214. The fourth-order valence-electron chi connectivity index (χ4n) is 2.10. The average Bonchev–Trinajstić information content (AvgIpc) is 2.99. The third-order valence-electron chi connectivity index (χ3n) is 3.08. The smallest absolute Gasteiger partial charge is 0.271 e. The van der Waals surface area contributed by atoms with Gasteiger partial charge in [-0.25, -0.2) is 4.98 Å². The summed E-state index contributed by atoms with van der Waals surface area (Å²) in [6.07, 6.45) is 0.810. The van der Waals surface area contributed by atoms with E-state index in [0.29, 0.717) is 17.9 Å². The lowest BCUT2D eigenvalue weighted by Crippen LogP contribution is -2.27. The first-order chi connectivity index (χ1) is 9.75. The van der Waals surface area contributed by atoms with E-state index in [0.717, 1.165) is 11.4 Å². The van der Waals surface area contributed by atoms with Gasteiger partial charge in [0, 0.05) is 6.54 Å². The second-order valence-electron chi connectivity index (χ2n) is 4.47. The number of amides is 1. The van der Waals surface area contributed by atoms with Crippen molar-refractivity contribution >= 4 is 22.2 Å². The number of aryl methyl sites for hydroxylation is 1. The molecule has 20 heavy (non-hydrogen) atoms. The molecule has 1 aromatic carbocycles. The summed E-state index contributed by atoms with van der Waals surface area (Å²) < 4.78 is 1.60. The Balaban J connectivity index is 1.67. The first kappa shape index (κ1) is 12.8. The zero-order chi connectivity index (χ0) is 13.9. The number of carbonyl (C=O) groups excluding carboxylic acids is 1. The second kappa shape index (κ2) is 5.42. The maximum atomic E-state index is 12.2. The highest BCUT2D eigenvalue weighted by Gasteiger charge is 2.17. The van der Waals surface area contributed by atoms with Gasteiger partial charge in [0.1, 0.15) is 5.51 Å². The highest BCUT2D eigenvalue weighted by molar-refractivity contribution is 7.14. The lowest BCUT2D eigenvalue weighted by molar-refractivity contribution is 0.0946. The van der Waals surface area contributed by atoms with Crippen LogP contribution in [0, 0.1) is 6.92 Å². The number of nitrogens with one attached hydrogen (secondary N) is 1. The van der Waals surface area contributed by atoms with Crippen LogP contribution >= 0.6 is 11.3 Å². The van der Waals surface area contributed by atoms with Crippen LogP contribution in [-0.2, 0) is 6.42 Å². The van der Waals surface area contributed by atoms with Crippen LogP contribution in [0.15, 0.2) is 35.8 Å². The summed E-state index contributed by atoms with van der Waals surface area (Å²) in [6, 6.07) is 10.1. The number of rotatable bonds is 4. The molecule has 0 saturated carbocycles. The van der Waals surface area contributed by atoms with Crippen molar-refractivity contribution in [2.24, 2.45) is 0 Å². The van der Waals surface area contributed by atoms with Crippen LogP contribution in [0.25, 0.3) is 4.96 Å². The first-order valence-corrected chi connectivity index (χ1v) is 7.24. The Morgan fingerprint density at radius 1 is 1.35 bits per heavy atom. The van der Waals surface area contributed by atoms with Crippen LogP contribution in [0.3, 0.4) is 0 Å². The van der Waals surface area contributed by atoms with E-state index in [1.54, 1.807) is 10.0 Å². The predicted octanol–water partition coefficient (Wildman–Crippen LogP) is 2.07. The van der Waals surface area contributed by atoms with Crippen molar-refractivity contribution in [2.45, 2.75) is 13.3 Å². The van der Waals surface area contributed by atoms with Crippen LogP contribution in [0.5, 0.6) is 0 Å². The van der Waals surface area contributed by atoms with Crippen LogP contribution < -0.4 is 5.32 Å². The van der Waals surface area contributed by atoms with E-state index in [9.17, 15) is 4.79 Å². The Labute approximate surface area is 120 Å². The molecule has 0 spiro atoms. The van der Waals surface area contributed by atoms with Crippen molar-refractivity contribution in [2.75, 3.05) is 6.54 Å². The minimum atomic E-state index is -0.128. The Kier molecular flexibility index (Phi) is 3.47. The van der Waals surface area contributed by atoms with Gasteiger partial charge in [0.2, 0.25) is 4.96 Å². The minimum Gasteiger partial charge on any atom is -0.350 e. The molecular weight excluding hydrogens is 272 g/mol. The van der Waals surface area contributed by atoms with E-state index < -0.39 is 0 Å². The van der Waals surface area contributed by atoms with Gasteiger partial charge in [-0.15, -0.1) is 0 Å². The lowest BCUT2D eigenvalue weighted by atomic mass is 10.1. The largest absolute Gasteiger partial charge is 0.350 e. The maximum absolute atomic E-state index is 12.2. The SMILES string of the molecule is Cc1nc2scnn2c1C(=O)NCCc1ccccc1. The summed E-state index contributed by atoms with van der Waals surface area (Å²) >= 11 is 1.42. The van der Waals surface area contributed by atoms with Crippen LogP contribution in [-0.4, -0.2) is 27.0 Å². The van der Waals surface area contributed by atoms with E-state index in [-0.39, 0.29) is 5.91 Å². The normalized spacial score (nSPS) is 10.8. The monoisotopic (exact) mass is 286 g/mol. The number of fused-ring (bicyclic) bond motifs is 1. The minimum absolute atomic E-state index is 0.128. The Morgan fingerprint density at radius 3 is 2.95 bits per heavy atom. The molecule has 0 aliphatic rings. The Hall–Kier alpha value is -2.21.